The molecule has 3 aromatic heterocycles. The fraction of sp³-hybridized carbons (Fsp3) is 0.417. The van der Waals surface area contributed by atoms with Crippen molar-refractivity contribution < 1.29 is 33.8 Å². The van der Waals surface area contributed by atoms with Gasteiger partial charge in [0, 0.05) is 12.4 Å². The topological polar surface area (TPSA) is 164 Å². The molecule has 0 aromatic carbocycles. The smallest absolute Gasteiger partial charge is 0.387 e. The minimum atomic E-state index is -4.72. The molecule has 1 fully saturated rings. The molecule has 0 amide bonds. The second-order valence-corrected chi connectivity index (χ2v) is 6.80. The number of hydrogen-bond donors (Lipinski definition) is 4. The third kappa shape index (κ3) is 2.83. The van der Waals surface area contributed by atoms with Gasteiger partial charge in [-0.15, -0.1) is 0 Å². The van der Waals surface area contributed by atoms with Crippen LogP contribution < -0.4 is 0 Å². The number of imidazole rings is 2. The summed E-state index contributed by atoms with van der Waals surface area (Å²) in [6, 6.07) is 0. The highest BCUT2D eigenvalue weighted by Crippen LogP contribution is 2.38. The molecule has 1 saturated heterocycles. The Balaban J connectivity index is 1.65. The maximum atomic E-state index is 10.8. The Morgan fingerprint density at radius 3 is 2.72 bits per heavy atom. The molecule has 0 spiro atoms. The van der Waals surface area contributed by atoms with E-state index < -0.39 is 39.0 Å². The lowest BCUT2D eigenvalue weighted by Crippen LogP contribution is -2.33. The highest BCUT2D eigenvalue weighted by atomic mass is 31.2. The van der Waals surface area contributed by atoms with Crippen molar-refractivity contribution in [1.82, 2.24) is 23.9 Å². The van der Waals surface area contributed by atoms with E-state index in [-0.39, 0.29) is 0 Å². The van der Waals surface area contributed by atoms with E-state index in [9.17, 15) is 14.8 Å². The summed E-state index contributed by atoms with van der Waals surface area (Å²) in [7, 11) is -4.72. The van der Waals surface area contributed by atoms with Crippen LogP contribution in [0.15, 0.2) is 25.0 Å². The number of aliphatic hydroxyl groups excluding tert-OH is 2. The number of phosphoric ester groups is 1. The molecule has 0 bridgehead atoms. The van der Waals surface area contributed by atoms with Crippen molar-refractivity contribution in [2.24, 2.45) is 0 Å². The highest BCUT2D eigenvalue weighted by molar-refractivity contribution is 7.46. The van der Waals surface area contributed by atoms with Crippen LogP contribution in [0.25, 0.3) is 16.8 Å². The van der Waals surface area contributed by atoms with E-state index in [1.807, 2.05) is 0 Å². The second-order valence-electron chi connectivity index (χ2n) is 5.56. The standard InChI is InChI=1S/C12H14N5O7P/c18-8-6(3-23-25(20,21)22)24-12(9(8)19)17-5-14-7-10-13-1-2-16(10)4-15-11(7)17/h1-2,4-6,8-9,12,18-19H,3H2,(H2,20,21,22)/t6-,8-,9-,12?/m1/s1. The van der Waals surface area contributed by atoms with Gasteiger partial charge in [0.05, 0.1) is 12.9 Å². The summed E-state index contributed by atoms with van der Waals surface area (Å²) in [6.07, 6.45) is 1.28. The molecule has 4 atom stereocenters. The lowest BCUT2D eigenvalue weighted by atomic mass is 10.1. The van der Waals surface area contributed by atoms with Crippen LogP contribution in [0.5, 0.6) is 0 Å². The van der Waals surface area contributed by atoms with Gasteiger partial charge in [0.2, 0.25) is 0 Å². The fourth-order valence-electron chi connectivity index (χ4n) is 2.80. The van der Waals surface area contributed by atoms with Gasteiger partial charge in [0.25, 0.3) is 0 Å². The molecule has 13 heteroatoms. The monoisotopic (exact) mass is 371 g/mol. The van der Waals surface area contributed by atoms with Crippen LogP contribution in [0, 0.1) is 0 Å². The Morgan fingerprint density at radius 2 is 1.96 bits per heavy atom. The lowest BCUT2D eigenvalue weighted by molar-refractivity contribution is -0.0504. The Bertz CT molecular complexity index is 967. The van der Waals surface area contributed by atoms with Gasteiger partial charge < -0.3 is 24.7 Å². The van der Waals surface area contributed by atoms with Crippen LogP contribution in [-0.4, -0.2) is 68.8 Å². The van der Waals surface area contributed by atoms with Crippen LogP contribution in [0.4, 0.5) is 0 Å². The summed E-state index contributed by atoms with van der Waals surface area (Å²) in [6.45, 7) is -0.580. The molecule has 1 aliphatic heterocycles. The number of aromatic nitrogens is 5. The third-order valence-electron chi connectivity index (χ3n) is 3.97. The van der Waals surface area contributed by atoms with Gasteiger partial charge in [-0.25, -0.2) is 19.5 Å². The first-order chi connectivity index (χ1) is 11.8. The van der Waals surface area contributed by atoms with Crippen molar-refractivity contribution in [3.8, 4) is 0 Å². The van der Waals surface area contributed by atoms with Gasteiger partial charge in [0.1, 0.15) is 24.6 Å². The Morgan fingerprint density at radius 1 is 1.16 bits per heavy atom. The van der Waals surface area contributed by atoms with Crippen molar-refractivity contribution in [1.29, 1.82) is 0 Å². The summed E-state index contributed by atoms with van der Waals surface area (Å²) >= 11 is 0. The van der Waals surface area contributed by atoms with E-state index in [0.717, 1.165) is 0 Å². The predicted molar refractivity (Wildman–Crippen MR) is 80.2 cm³/mol. The van der Waals surface area contributed by atoms with Gasteiger partial charge in [-0.1, -0.05) is 0 Å². The lowest BCUT2D eigenvalue weighted by Gasteiger charge is -2.16. The molecule has 4 rings (SSSR count). The van der Waals surface area contributed by atoms with Crippen LogP contribution in [0.3, 0.4) is 0 Å². The zero-order valence-corrected chi connectivity index (χ0v) is 13.4. The number of hydrogen-bond acceptors (Lipinski definition) is 8. The van der Waals surface area contributed by atoms with Gasteiger partial charge in [-0.3, -0.25) is 13.5 Å². The van der Waals surface area contributed by atoms with Crippen LogP contribution in [-0.2, 0) is 13.8 Å². The molecular formula is C12H14N5O7P. The molecule has 0 aliphatic carbocycles. The molecule has 0 saturated carbocycles. The molecule has 1 aliphatic rings. The zero-order valence-electron chi connectivity index (χ0n) is 12.5. The van der Waals surface area contributed by atoms with Gasteiger partial charge >= 0.3 is 7.82 Å². The van der Waals surface area contributed by atoms with Crippen molar-refractivity contribution in [2.45, 2.75) is 24.5 Å². The van der Waals surface area contributed by atoms with E-state index in [1.165, 1.54) is 17.2 Å². The van der Waals surface area contributed by atoms with Crippen molar-refractivity contribution in [3.63, 3.8) is 0 Å². The number of rotatable bonds is 4. The van der Waals surface area contributed by atoms with E-state index >= 15 is 0 Å². The van der Waals surface area contributed by atoms with E-state index in [4.69, 9.17) is 14.5 Å². The van der Waals surface area contributed by atoms with Gasteiger partial charge in [-0.05, 0) is 0 Å². The average Bonchev–Trinajstić information content (AvgIpc) is 3.23. The molecule has 12 nitrogen and oxygen atoms in total. The molecule has 0 radical (unpaired) electrons. The summed E-state index contributed by atoms with van der Waals surface area (Å²) in [4.78, 5) is 30.2. The Hall–Kier alpha value is -1.92. The summed E-state index contributed by atoms with van der Waals surface area (Å²) < 4.78 is 23.8. The minimum absolute atomic E-state index is 0.381. The number of ether oxygens (including phenoxy) is 1. The third-order valence-corrected chi connectivity index (χ3v) is 4.46. The van der Waals surface area contributed by atoms with Gasteiger partial charge in [0.15, 0.2) is 23.0 Å². The predicted octanol–water partition coefficient (Wildman–Crippen LogP) is -1.19. The highest BCUT2D eigenvalue weighted by Gasteiger charge is 2.45. The first kappa shape index (κ1) is 16.5. The van der Waals surface area contributed by atoms with E-state index in [2.05, 4.69) is 19.5 Å². The second kappa shape index (κ2) is 5.81. The minimum Gasteiger partial charge on any atom is -0.387 e. The molecular weight excluding hydrogens is 357 g/mol. The average molecular weight is 371 g/mol. The van der Waals surface area contributed by atoms with Crippen molar-refractivity contribution >= 4 is 24.6 Å². The quantitative estimate of drug-likeness (QED) is 0.410. The van der Waals surface area contributed by atoms with Crippen molar-refractivity contribution in [3.05, 3.63) is 25.0 Å². The summed E-state index contributed by atoms with van der Waals surface area (Å²) in [5.41, 5.74) is 1.43. The maximum absolute atomic E-state index is 10.8. The fourth-order valence-corrected chi connectivity index (χ4v) is 3.14. The molecule has 3 aromatic rings. The van der Waals surface area contributed by atoms with Crippen molar-refractivity contribution in [2.75, 3.05) is 6.61 Å². The van der Waals surface area contributed by atoms with Crippen LogP contribution >= 0.6 is 7.82 Å². The molecule has 25 heavy (non-hydrogen) atoms. The normalized spacial score (nSPS) is 27.5. The molecule has 134 valence electrons. The first-order valence-electron chi connectivity index (χ1n) is 7.21. The molecule has 4 heterocycles. The SMILES string of the molecule is O=P(O)(O)OC[C@H]1OC(n2cnc3c2ncn2ccnc32)[C@H](O)[C@@H]1O. The number of aliphatic hydroxyl groups is 2. The number of phosphoric acid groups is 1. The van der Waals surface area contributed by atoms with Gasteiger partial charge in [-0.2, -0.15) is 0 Å². The van der Waals surface area contributed by atoms with E-state index in [0.29, 0.717) is 16.8 Å². The maximum Gasteiger partial charge on any atom is 0.469 e. The molecule has 1 unspecified atom stereocenters. The zero-order chi connectivity index (χ0) is 17.8. The Kier molecular flexibility index (Phi) is 3.85. The largest absolute Gasteiger partial charge is 0.469 e. The summed E-state index contributed by atoms with van der Waals surface area (Å²) in [5.74, 6) is 0. The number of fused-ring (bicyclic) bond motifs is 3. The van der Waals surface area contributed by atoms with Crippen LogP contribution in [0.1, 0.15) is 6.23 Å². The first-order valence-corrected chi connectivity index (χ1v) is 8.74. The Labute approximate surface area is 139 Å². The molecule has 4 N–H and O–H groups in total. The van der Waals surface area contributed by atoms with Crippen LogP contribution in [0.2, 0.25) is 0 Å². The van der Waals surface area contributed by atoms with E-state index in [1.54, 1.807) is 16.8 Å². The summed E-state index contributed by atoms with van der Waals surface area (Å²) in [5, 5.41) is 20.3. The number of nitrogens with zero attached hydrogens (tertiary/aromatic N) is 5.